The molecule has 98 valence electrons. The van der Waals surface area contributed by atoms with Gasteiger partial charge in [0.05, 0.1) is 11.9 Å². The SMILES string of the molecule is Cc1cc(C)c(/C=N\Nc2ccc(F)cc2)cc1C. The Hall–Kier alpha value is -2.16. The molecule has 2 rings (SSSR count). The molecule has 2 nitrogen and oxygen atoms in total. The number of aryl methyl sites for hydroxylation is 3. The molecule has 0 fully saturated rings. The Labute approximate surface area is 113 Å². The molecule has 1 N–H and O–H groups in total. The molecule has 2 aromatic carbocycles. The third-order valence-electron chi connectivity index (χ3n) is 3.12. The van der Waals surface area contributed by atoms with Crippen molar-refractivity contribution in [3.05, 3.63) is 64.5 Å². The highest BCUT2D eigenvalue weighted by Gasteiger charge is 1.99. The van der Waals surface area contributed by atoms with E-state index in [9.17, 15) is 4.39 Å². The number of nitrogens with zero attached hydrogens (tertiary/aromatic N) is 1. The summed E-state index contributed by atoms with van der Waals surface area (Å²) in [6.45, 7) is 6.24. The molecule has 0 amide bonds. The van der Waals surface area contributed by atoms with E-state index in [2.05, 4.69) is 43.4 Å². The Morgan fingerprint density at radius 3 is 2.26 bits per heavy atom. The summed E-state index contributed by atoms with van der Waals surface area (Å²) in [7, 11) is 0. The van der Waals surface area contributed by atoms with Crippen LogP contribution in [-0.2, 0) is 0 Å². The summed E-state index contributed by atoms with van der Waals surface area (Å²) in [5, 5.41) is 4.18. The molecular weight excluding hydrogens is 239 g/mol. The standard InChI is InChI=1S/C16H17FN2/c1-11-8-13(3)14(9-12(11)2)10-18-19-16-6-4-15(17)5-7-16/h4-10,19H,1-3H3/b18-10-. The number of anilines is 1. The average molecular weight is 256 g/mol. The molecule has 3 heteroatoms. The van der Waals surface area contributed by atoms with E-state index in [-0.39, 0.29) is 5.82 Å². The van der Waals surface area contributed by atoms with Gasteiger partial charge in [0.25, 0.3) is 0 Å². The number of hydrazone groups is 1. The molecule has 0 atom stereocenters. The number of hydrogen-bond donors (Lipinski definition) is 1. The van der Waals surface area contributed by atoms with Crippen molar-refractivity contribution in [2.75, 3.05) is 5.43 Å². The van der Waals surface area contributed by atoms with Gasteiger partial charge in [-0.25, -0.2) is 4.39 Å². The van der Waals surface area contributed by atoms with Crippen molar-refractivity contribution in [3.8, 4) is 0 Å². The number of nitrogens with one attached hydrogen (secondary N) is 1. The number of rotatable bonds is 3. The molecule has 0 bridgehead atoms. The van der Waals surface area contributed by atoms with Crippen molar-refractivity contribution < 1.29 is 4.39 Å². The molecule has 0 spiro atoms. The minimum absolute atomic E-state index is 0.250. The lowest BCUT2D eigenvalue weighted by Crippen LogP contribution is -1.95. The zero-order valence-corrected chi connectivity index (χ0v) is 11.4. The molecule has 19 heavy (non-hydrogen) atoms. The van der Waals surface area contributed by atoms with Gasteiger partial charge in [0.2, 0.25) is 0 Å². The monoisotopic (exact) mass is 256 g/mol. The smallest absolute Gasteiger partial charge is 0.123 e. The minimum Gasteiger partial charge on any atom is -0.279 e. The fourth-order valence-corrected chi connectivity index (χ4v) is 1.82. The van der Waals surface area contributed by atoms with Crippen molar-refractivity contribution in [2.45, 2.75) is 20.8 Å². The van der Waals surface area contributed by atoms with Crippen LogP contribution in [-0.4, -0.2) is 6.21 Å². The van der Waals surface area contributed by atoms with E-state index in [1.54, 1.807) is 18.3 Å². The van der Waals surface area contributed by atoms with Crippen LogP contribution in [0, 0.1) is 26.6 Å². The second kappa shape index (κ2) is 5.65. The lowest BCUT2D eigenvalue weighted by molar-refractivity contribution is 0.628. The first kappa shape index (κ1) is 13.3. The first-order chi connectivity index (χ1) is 9.06. The Morgan fingerprint density at radius 2 is 1.58 bits per heavy atom. The normalized spacial score (nSPS) is 10.9. The number of halogens is 1. The molecule has 0 heterocycles. The topological polar surface area (TPSA) is 24.4 Å². The molecule has 0 aromatic heterocycles. The summed E-state index contributed by atoms with van der Waals surface area (Å²) in [5.41, 5.74) is 8.44. The average Bonchev–Trinajstić information content (AvgIpc) is 2.38. The Bertz CT molecular complexity index is 601. The van der Waals surface area contributed by atoms with Gasteiger partial charge >= 0.3 is 0 Å². The van der Waals surface area contributed by atoms with Crippen LogP contribution in [0.15, 0.2) is 41.5 Å². The first-order valence-electron chi connectivity index (χ1n) is 6.19. The van der Waals surface area contributed by atoms with Gasteiger partial charge in [-0.05, 0) is 73.4 Å². The van der Waals surface area contributed by atoms with Crippen molar-refractivity contribution in [3.63, 3.8) is 0 Å². The van der Waals surface area contributed by atoms with Gasteiger partial charge in [0, 0.05) is 0 Å². The Kier molecular flexibility index (Phi) is 3.95. The van der Waals surface area contributed by atoms with Gasteiger partial charge < -0.3 is 0 Å². The van der Waals surface area contributed by atoms with Gasteiger partial charge in [-0.2, -0.15) is 5.10 Å². The molecule has 0 unspecified atom stereocenters. The van der Waals surface area contributed by atoms with Crippen molar-refractivity contribution >= 4 is 11.9 Å². The Morgan fingerprint density at radius 1 is 0.947 bits per heavy atom. The van der Waals surface area contributed by atoms with E-state index in [1.165, 1.54) is 28.8 Å². The quantitative estimate of drug-likeness (QED) is 0.646. The summed E-state index contributed by atoms with van der Waals surface area (Å²) in [4.78, 5) is 0. The van der Waals surface area contributed by atoms with E-state index < -0.39 is 0 Å². The largest absolute Gasteiger partial charge is 0.279 e. The maximum Gasteiger partial charge on any atom is 0.123 e. The molecule has 0 radical (unpaired) electrons. The van der Waals surface area contributed by atoms with Gasteiger partial charge in [0.1, 0.15) is 5.82 Å². The summed E-state index contributed by atoms with van der Waals surface area (Å²) in [6.07, 6.45) is 1.78. The highest BCUT2D eigenvalue weighted by Crippen LogP contribution is 2.14. The van der Waals surface area contributed by atoms with Gasteiger partial charge in [-0.3, -0.25) is 5.43 Å². The fraction of sp³-hybridized carbons (Fsp3) is 0.188. The highest BCUT2D eigenvalue weighted by atomic mass is 19.1. The molecule has 0 aliphatic carbocycles. The van der Waals surface area contributed by atoms with Crippen molar-refractivity contribution in [1.82, 2.24) is 0 Å². The fourth-order valence-electron chi connectivity index (χ4n) is 1.82. The van der Waals surface area contributed by atoms with E-state index in [4.69, 9.17) is 0 Å². The van der Waals surface area contributed by atoms with E-state index >= 15 is 0 Å². The minimum atomic E-state index is -0.250. The molecule has 0 saturated heterocycles. The summed E-state index contributed by atoms with van der Waals surface area (Å²) < 4.78 is 12.7. The van der Waals surface area contributed by atoms with Gasteiger partial charge in [-0.1, -0.05) is 6.07 Å². The van der Waals surface area contributed by atoms with Crippen LogP contribution in [0.2, 0.25) is 0 Å². The van der Waals surface area contributed by atoms with Crippen LogP contribution < -0.4 is 5.43 Å². The molecule has 0 aliphatic heterocycles. The molecule has 0 saturated carbocycles. The third-order valence-corrected chi connectivity index (χ3v) is 3.12. The maximum absolute atomic E-state index is 12.7. The predicted molar refractivity (Wildman–Crippen MR) is 78.3 cm³/mol. The van der Waals surface area contributed by atoms with Crippen LogP contribution >= 0.6 is 0 Å². The van der Waals surface area contributed by atoms with Crippen LogP contribution in [0.25, 0.3) is 0 Å². The molecule has 0 aliphatic rings. The predicted octanol–water partition coefficient (Wildman–Crippen LogP) is 4.20. The van der Waals surface area contributed by atoms with Crippen LogP contribution in [0.1, 0.15) is 22.3 Å². The second-order valence-corrected chi connectivity index (χ2v) is 4.67. The van der Waals surface area contributed by atoms with E-state index in [0.717, 1.165) is 11.3 Å². The van der Waals surface area contributed by atoms with Crippen LogP contribution in [0.4, 0.5) is 10.1 Å². The van der Waals surface area contributed by atoms with Crippen LogP contribution in [0.3, 0.4) is 0 Å². The number of benzene rings is 2. The van der Waals surface area contributed by atoms with E-state index in [1.807, 2.05) is 0 Å². The number of hydrogen-bond acceptors (Lipinski definition) is 2. The van der Waals surface area contributed by atoms with Crippen molar-refractivity contribution in [1.29, 1.82) is 0 Å². The molecular formula is C16H17FN2. The maximum atomic E-state index is 12.7. The lowest BCUT2D eigenvalue weighted by atomic mass is 10.0. The third kappa shape index (κ3) is 3.41. The second-order valence-electron chi connectivity index (χ2n) is 4.67. The van der Waals surface area contributed by atoms with E-state index in [0.29, 0.717) is 0 Å². The molecule has 2 aromatic rings. The zero-order valence-electron chi connectivity index (χ0n) is 11.4. The summed E-state index contributed by atoms with van der Waals surface area (Å²) in [5.74, 6) is -0.250. The van der Waals surface area contributed by atoms with Crippen molar-refractivity contribution in [2.24, 2.45) is 5.10 Å². The van der Waals surface area contributed by atoms with Gasteiger partial charge in [0.15, 0.2) is 0 Å². The summed E-state index contributed by atoms with van der Waals surface area (Å²) >= 11 is 0. The lowest BCUT2D eigenvalue weighted by Gasteiger charge is -2.06. The zero-order chi connectivity index (χ0) is 13.8. The first-order valence-corrected chi connectivity index (χ1v) is 6.19. The Balaban J connectivity index is 2.11. The van der Waals surface area contributed by atoms with Crippen LogP contribution in [0.5, 0.6) is 0 Å². The van der Waals surface area contributed by atoms with Gasteiger partial charge in [-0.15, -0.1) is 0 Å². The summed E-state index contributed by atoms with van der Waals surface area (Å²) in [6, 6.07) is 10.4. The highest BCUT2D eigenvalue weighted by molar-refractivity contribution is 5.82.